The third kappa shape index (κ3) is 3.58. The van der Waals surface area contributed by atoms with Gasteiger partial charge in [0.2, 0.25) is 5.91 Å². The molecule has 0 unspecified atom stereocenters. The standard InChI is InChI=1S/C17H23ClN2O/c1-12(11-13-8-9-13)19-15-6-4-10-20(17(15)21)16-7-3-2-5-14(16)18/h2-3,5,7,12-13,15,19H,4,6,8-11H2,1H3/t12-,15-/m0/s1. The lowest BCUT2D eigenvalue weighted by Gasteiger charge is -2.34. The number of nitrogens with one attached hydrogen (secondary N) is 1. The van der Waals surface area contributed by atoms with E-state index in [-0.39, 0.29) is 11.9 Å². The Morgan fingerprint density at radius 1 is 1.33 bits per heavy atom. The van der Waals surface area contributed by atoms with Gasteiger partial charge in [-0.1, -0.05) is 36.6 Å². The van der Waals surface area contributed by atoms with Crippen molar-refractivity contribution >= 4 is 23.2 Å². The summed E-state index contributed by atoms with van der Waals surface area (Å²) in [4.78, 5) is 14.6. The molecule has 21 heavy (non-hydrogen) atoms. The van der Waals surface area contributed by atoms with Gasteiger partial charge in [0.1, 0.15) is 0 Å². The molecule has 1 saturated heterocycles. The van der Waals surface area contributed by atoms with E-state index in [2.05, 4.69) is 12.2 Å². The summed E-state index contributed by atoms with van der Waals surface area (Å²) in [6.45, 7) is 2.96. The second kappa shape index (κ2) is 6.37. The van der Waals surface area contributed by atoms with Crippen LogP contribution >= 0.6 is 11.6 Å². The second-order valence-electron chi connectivity index (χ2n) is 6.38. The predicted octanol–water partition coefficient (Wildman–Crippen LogP) is 3.61. The average Bonchev–Trinajstić information content (AvgIpc) is 3.26. The summed E-state index contributed by atoms with van der Waals surface area (Å²) in [5, 5.41) is 4.18. The molecule has 0 radical (unpaired) electrons. The number of piperidine rings is 1. The molecular weight excluding hydrogens is 284 g/mol. The van der Waals surface area contributed by atoms with Gasteiger partial charge >= 0.3 is 0 Å². The van der Waals surface area contributed by atoms with Gasteiger partial charge in [0.05, 0.1) is 16.8 Å². The van der Waals surface area contributed by atoms with E-state index < -0.39 is 0 Å². The van der Waals surface area contributed by atoms with Crippen LogP contribution in [0.1, 0.15) is 39.0 Å². The average molecular weight is 307 g/mol. The number of para-hydroxylation sites is 1. The van der Waals surface area contributed by atoms with Crippen molar-refractivity contribution in [3.05, 3.63) is 29.3 Å². The first-order chi connectivity index (χ1) is 10.1. The van der Waals surface area contributed by atoms with E-state index in [1.165, 1.54) is 19.3 Å². The quantitative estimate of drug-likeness (QED) is 0.901. The molecule has 2 atom stereocenters. The minimum absolute atomic E-state index is 0.0660. The molecule has 1 N–H and O–H groups in total. The topological polar surface area (TPSA) is 32.3 Å². The van der Waals surface area contributed by atoms with E-state index in [0.717, 1.165) is 31.0 Å². The highest BCUT2D eigenvalue weighted by molar-refractivity contribution is 6.33. The Balaban J connectivity index is 1.66. The molecule has 1 amide bonds. The number of anilines is 1. The van der Waals surface area contributed by atoms with Crippen molar-refractivity contribution in [1.29, 1.82) is 0 Å². The maximum Gasteiger partial charge on any atom is 0.244 e. The van der Waals surface area contributed by atoms with Crippen LogP contribution in [0.4, 0.5) is 5.69 Å². The molecule has 1 aromatic rings. The highest BCUT2D eigenvalue weighted by Crippen LogP contribution is 2.34. The number of amides is 1. The molecule has 0 aromatic heterocycles. The van der Waals surface area contributed by atoms with E-state index >= 15 is 0 Å². The largest absolute Gasteiger partial charge is 0.310 e. The first-order valence-electron chi connectivity index (χ1n) is 7.97. The number of benzene rings is 1. The SMILES string of the molecule is C[C@@H](CC1CC1)N[C@H]1CCCN(c2ccccc2Cl)C1=O. The molecule has 0 spiro atoms. The van der Waals surface area contributed by atoms with Crippen LogP contribution in [0.15, 0.2) is 24.3 Å². The molecular formula is C17H23ClN2O. The Kier molecular flexibility index (Phi) is 4.51. The molecule has 2 fully saturated rings. The maximum absolute atomic E-state index is 12.7. The van der Waals surface area contributed by atoms with Gasteiger partial charge in [-0.15, -0.1) is 0 Å². The van der Waals surface area contributed by atoms with Crippen molar-refractivity contribution in [2.45, 2.75) is 51.1 Å². The molecule has 1 aliphatic heterocycles. The second-order valence-corrected chi connectivity index (χ2v) is 6.79. The van der Waals surface area contributed by atoms with Gasteiger partial charge in [0, 0.05) is 12.6 Å². The Labute approximate surface area is 131 Å². The summed E-state index contributed by atoms with van der Waals surface area (Å²) < 4.78 is 0. The third-order valence-electron chi connectivity index (χ3n) is 4.45. The summed E-state index contributed by atoms with van der Waals surface area (Å²) in [7, 11) is 0. The van der Waals surface area contributed by atoms with E-state index in [9.17, 15) is 4.79 Å². The van der Waals surface area contributed by atoms with Crippen LogP contribution in [-0.2, 0) is 4.79 Å². The van der Waals surface area contributed by atoms with Crippen LogP contribution in [0, 0.1) is 5.92 Å². The monoisotopic (exact) mass is 306 g/mol. The molecule has 1 aromatic carbocycles. The predicted molar refractivity (Wildman–Crippen MR) is 86.8 cm³/mol. The minimum atomic E-state index is -0.0660. The van der Waals surface area contributed by atoms with E-state index in [4.69, 9.17) is 11.6 Å². The Hall–Kier alpha value is -1.06. The molecule has 114 valence electrons. The molecule has 1 heterocycles. The molecule has 1 saturated carbocycles. The zero-order valence-electron chi connectivity index (χ0n) is 12.5. The van der Waals surface area contributed by atoms with Crippen molar-refractivity contribution < 1.29 is 4.79 Å². The lowest BCUT2D eigenvalue weighted by atomic mass is 10.0. The number of hydrogen-bond acceptors (Lipinski definition) is 2. The van der Waals surface area contributed by atoms with Crippen LogP contribution in [0.2, 0.25) is 5.02 Å². The summed E-state index contributed by atoms with van der Waals surface area (Å²) in [5.41, 5.74) is 0.838. The Morgan fingerprint density at radius 3 is 2.81 bits per heavy atom. The highest BCUT2D eigenvalue weighted by Gasteiger charge is 2.32. The van der Waals surface area contributed by atoms with Crippen molar-refractivity contribution in [1.82, 2.24) is 5.32 Å². The zero-order valence-corrected chi connectivity index (χ0v) is 13.3. The van der Waals surface area contributed by atoms with Crippen molar-refractivity contribution in [3.8, 4) is 0 Å². The minimum Gasteiger partial charge on any atom is -0.310 e. The normalized spacial score (nSPS) is 24.2. The lowest BCUT2D eigenvalue weighted by Crippen LogP contribution is -2.53. The summed E-state index contributed by atoms with van der Waals surface area (Å²) in [6.07, 6.45) is 5.85. The Morgan fingerprint density at radius 2 is 2.10 bits per heavy atom. The van der Waals surface area contributed by atoms with Gasteiger partial charge in [-0.25, -0.2) is 0 Å². The van der Waals surface area contributed by atoms with Crippen LogP contribution in [0.3, 0.4) is 0 Å². The van der Waals surface area contributed by atoms with Gasteiger partial charge in [-0.3, -0.25) is 4.79 Å². The van der Waals surface area contributed by atoms with E-state index in [1.807, 2.05) is 29.2 Å². The molecule has 1 aliphatic carbocycles. The number of carbonyl (C=O) groups excluding carboxylic acids is 1. The maximum atomic E-state index is 12.7. The van der Waals surface area contributed by atoms with Gasteiger partial charge in [-0.2, -0.15) is 0 Å². The number of hydrogen-bond donors (Lipinski definition) is 1. The van der Waals surface area contributed by atoms with Crippen molar-refractivity contribution in [2.75, 3.05) is 11.4 Å². The highest BCUT2D eigenvalue weighted by atomic mass is 35.5. The molecule has 4 heteroatoms. The van der Waals surface area contributed by atoms with Gasteiger partial charge in [-0.05, 0) is 44.2 Å². The third-order valence-corrected chi connectivity index (χ3v) is 4.77. The van der Waals surface area contributed by atoms with Crippen LogP contribution in [-0.4, -0.2) is 24.5 Å². The van der Waals surface area contributed by atoms with E-state index in [1.54, 1.807) is 0 Å². The smallest absolute Gasteiger partial charge is 0.244 e. The van der Waals surface area contributed by atoms with Crippen molar-refractivity contribution in [3.63, 3.8) is 0 Å². The first kappa shape index (κ1) is 14.9. The first-order valence-corrected chi connectivity index (χ1v) is 8.35. The zero-order chi connectivity index (χ0) is 14.8. The molecule has 3 nitrogen and oxygen atoms in total. The number of nitrogens with zero attached hydrogens (tertiary/aromatic N) is 1. The van der Waals surface area contributed by atoms with Crippen molar-refractivity contribution in [2.24, 2.45) is 5.92 Å². The summed E-state index contributed by atoms with van der Waals surface area (Å²) >= 11 is 6.24. The Bertz CT molecular complexity index is 515. The summed E-state index contributed by atoms with van der Waals surface area (Å²) in [6, 6.07) is 7.95. The van der Waals surface area contributed by atoms with Gasteiger partial charge in [0.25, 0.3) is 0 Å². The molecule has 3 rings (SSSR count). The number of halogens is 1. The molecule has 0 bridgehead atoms. The number of carbonyl (C=O) groups is 1. The van der Waals surface area contributed by atoms with Gasteiger partial charge < -0.3 is 10.2 Å². The van der Waals surface area contributed by atoms with Crippen LogP contribution < -0.4 is 10.2 Å². The van der Waals surface area contributed by atoms with Crippen LogP contribution in [0.5, 0.6) is 0 Å². The lowest BCUT2D eigenvalue weighted by molar-refractivity contribution is -0.122. The summed E-state index contributed by atoms with van der Waals surface area (Å²) in [5.74, 6) is 1.04. The fraction of sp³-hybridized carbons (Fsp3) is 0.588. The van der Waals surface area contributed by atoms with E-state index in [0.29, 0.717) is 11.1 Å². The van der Waals surface area contributed by atoms with Crippen LogP contribution in [0.25, 0.3) is 0 Å². The number of rotatable bonds is 5. The fourth-order valence-corrected chi connectivity index (χ4v) is 3.44. The molecule has 2 aliphatic rings. The fourth-order valence-electron chi connectivity index (χ4n) is 3.20. The van der Waals surface area contributed by atoms with Gasteiger partial charge in [0.15, 0.2) is 0 Å².